The van der Waals surface area contributed by atoms with E-state index in [0.29, 0.717) is 111 Å². The van der Waals surface area contributed by atoms with E-state index in [1.54, 1.807) is 59.4 Å². The van der Waals surface area contributed by atoms with Crippen LogP contribution in [-0.4, -0.2) is 263 Å². The number of aromatic nitrogens is 8. The van der Waals surface area contributed by atoms with Crippen LogP contribution in [0.15, 0.2) is 49.1 Å². The Morgan fingerprint density at radius 2 is 0.813 bits per heavy atom. The Morgan fingerprint density at radius 3 is 1.12 bits per heavy atom. The lowest BCUT2D eigenvalue weighted by molar-refractivity contribution is 0.0115. The Labute approximate surface area is 823 Å². The van der Waals surface area contributed by atoms with Gasteiger partial charge in [0, 0.05) is 146 Å². The second kappa shape index (κ2) is 42.8. The zero-order chi connectivity index (χ0) is 99.9. The average Bonchev–Trinajstić information content (AvgIpc) is 1.61. The molecule has 750 valence electrons. The van der Waals surface area contributed by atoms with Gasteiger partial charge in [-0.25, -0.2) is 57.4 Å². The molecule has 3 saturated carbocycles. The predicted molar refractivity (Wildman–Crippen MR) is 529 cm³/mol. The molecule has 3 aliphatic carbocycles. The molecule has 4 bridgehead atoms. The van der Waals surface area contributed by atoms with Crippen LogP contribution in [0.1, 0.15) is 308 Å². The van der Waals surface area contributed by atoms with Crippen LogP contribution in [-0.2, 0) is 4.74 Å². The van der Waals surface area contributed by atoms with Crippen molar-refractivity contribution < 1.29 is 76.0 Å². The van der Waals surface area contributed by atoms with E-state index in [9.17, 15) is 71.2 Å². The van der Waals surface area contributed by atoms with E-state index in [1.165, 1.54) is 35.5 Å². The molecule has 15 heterocycles. The molecular formula is C99H130F4N20O12S4. The Kier molecular flexibility index (Phi) is 31.7. The van der Waals surface area contributed by atoms with Gasteiger partial charge in [0.25, 0.3) is 59.1 Å². The molecule has 0 spiro atoms. The molecule has 7 aliphatic heterocycles. The fraction of sp³-hybridized carbons (Fsp3) is 0.596. The molecule has 7 saturated heterocycles. The van der Waals surface area contributed by atoms with Crippen LogP contribution < -0.4 is 42.5 Å². The molecule has 40 heteroatoms. The summed E-state index contributed by atoms with van der Waals surface area (Å²) < 4.78 is 61.5. The van der Waals surface area contributed by atoms with Crippen LogP contribution in [0.3, 0.4) is 0 Å². The minimum Gasteiger partial charge on any atom is -0.393 e. The zero-order valence-corrected chi connectivity index (χ0v) is 85.0. The summed E-state index contributed by atoms with van der Waals surface area (Å²) in [6.45, 7) is 30.2. The molecule has 10 aliphatic rings. The second-order valence-electron chi connectivity index (χ2n) is 40.4. The van der Waals surface area contributed by atoms with Gasteiger partial charge in [-0.15, -0.1) is 45.3 Å². The van der Waals surface area contributed by atoms with Crippen molar-refractivity contribution in [1.82, 2.24) is 80.7 Å². The predicted octanol–water partition coefficient (Wildman–Crippen LogP) is 15.7. The highest BCUT2D eigenvalue weighted by molar-refractivity contribution is 7.18. The van der Waals surface area contributed by atoms with Crippen molar-refractivity contribution in [2.45, 2.75) is 347 Å². The summed E-state index contributed by atoms with van der Waals surface area (Å²) >= 11 is 4.57. The SMILES string of the molecule is CC[C@@H](C)Nc1cc(C)c(-c2sc(C(=O)NC3CC(O)C3)nc2C(=O)N2CC(F)(F)C[C@@H]2C)cn1.Cc1cc(NC(C)C)ncc1-c1sc(C(=O)NC2CCOCC2)nc1C(=O)N1CC(F)(F)C[C@@H]1C.Cc1cc(NC(C)C)ncc1-c1sc(C(=O)N[C@H](C)C(C)(C)O)nc1C(=O)N1C2CCC1CC2.Cc1cc(N[C@H](C)C2CC2)ncc1-c1sc(C(=O)N[C@H]2CC[C@@H]2O)nc1C(=O)N1C2CCC1CC2. The van der Waals surface area contributed by atoms with Crippen LogP contribution in [0.2, 0.25) is 0 Å². The van der Waals surface area contributed by atoms with Gasteiger partial charge in [-0.05, 0) is 265 Å². The van der Waals surface area contributed by atoms with Crippen molar-refractivity contribution in [3.05, 3.63) is 114 Å². The molecular weight excluding hydrogens is 1870 g/mol. The van der Waals surface area contributed by atoms with Gasteiger partial charge >= 0.3 is 0 Å². The Bertz CT molecular complexity index is 5830. The normalized spacial score (nSPS) is 23.3. The van der Waals surface area contributed by atoms with Crippen molar-refractivity contribution in [3.8, 4) is 41.8 Å². The molecule has 10 fully saturated rings. The van der Waals surface area contributed by atoms with E-state index in [-0.39, 0.29) is 115 Å². The van der Waals surface area contributed by atoms with Crippen LogP contribution in [0.25, 0.3) is 41.8 Å². The number of nitrogens with zero attached hydrogens (tertiary/aromatic N) is 12. The number of aliphatic hydroxyl groups is 3. The number of nitrogens with one attached hydrogen (secondary N) is 8. The number of aryl methyl sites for hydroxylation is 4. The fourth-order valence-corrected chi connectivity index (χ4v) is 23.4. The molecule has 0 aromatic carbocycles. The maximum Gasteiger partial charge on any atom is 0.280 e. The van der Waals surface area contributed by atoms with E-state index in [0.717, 1.165) is 142 Å². The highest BCUT2D eigenvalue weighted by Crippen LogP contribution is 2.47. The smallest absolute Gasteiger partial charge is 0.280 e. The van der Waals surface area contributed by atoms with Crippen molar-refractivity contribution >= 4 is 116 Å². The van der Waals surface area contributed by atoms with Gasteiger partial charge in [-0.3, -0.25) is 38.4 Å². The Morgan fingerprint density at radius 1 is 0.468 bits per heavy atom. The largest absolute Gasteiger partial charge is 0.393 e. The summed E-state index contributed by atoms with van der Waals surface area (Å²) in [6.07, 6.45) is 20.6. The summed E-state index contributed by atoms with van der Waals surface area (Å²) in [7, 11) is 0. The first-order chi connectivity index (χ1) is 65.8. The third-order valence-corrected chi connectivity index (χ3v) is 32.4. The number of pyridine rings is 4. The second-order valence-corrected chi connectivity index (χ2v) is 44.4. The van der Waals surface area contributed by atoms with Gasteiger partial charge < -0.3 is 82.2 Å². The number of likely N-dealkylation sites (tertiary alicyclic amines) is 2. The number of rotatable bonds is 27. The molecule has 8 aromatic rings. The van der Waals surface area contributed by atoms with Gasteiger partial charge in [0.1, 0.15) is 46.0 Å². The maximum atomic E-state index is 14.0. The topological polar surface area (TPSA) is 419 Å². The minimum absolute atomic E-state index is 0.00569. The molecule has 0 radical (unpaired) electrons. The van der Waals surface area contributed by atoms with Gasteiger partial charge in [0.2, 0.25) is 0 Å². The number of alkyl halides is 4. The number of aliphatic hydroxyl groups excluding tert-OH is 2. The number of ether oxygens (including phenoxy) is 1. The maximum absolute atomic E-state index is 14.0. The number of anilines is 4. The molecule has 139 heavy (non-hydrogen) atoms. The lowest BCUT2D eigenvalue weighted by Crippen LogP contribution is -2.50. The first-order valence-corrected chi connectivity index (χ1v) is 52.0. The van der Waals surface area contributed by atoms with E-state index in [4.69, 9.17) is 4.74 Å². The summed E-state index contributed by atoms with van der Waals surface area (Å²) in [5, 5.41) is 55.1. The van der Waals surface area contributed by atoms with Crippen LogP contribution in [0.4, 0.5) is 40.8 Å². The van der Waals surface area contributed by atoms with Gasteiger partial charge in [0.15, 0.2) is 20.0 Å². The van der Waals surface area contributed by atoms with Crippen LogP contribution in [0.5, 0.6) is 0 Å². The number of fused-ring (bicyclic) bond motifs is 4. The summed E-state index contributed by atoms with van der Waals surface area (Å²) in [5.41, 5.74) is 6.08. The van der Waals surface area contributed by atoms with Crippen molar-refractivity contribution in [3.63, 3.8) is 0 Å². The number of hydrogen-bond donors (Lipinski definition) is 11. The van der Waals surface area contributed by atoms with E-state index < -0.39 is 97.3 Å². The Hall–Kier alpha value is -10.4. The van der Waals surface area contributed by atoms with Crippen molar-refractivity contribution in [1.29, 1.82) is 0 Å². The summed E-state index contributed by atoms with van der Waals surface area (Å²) in [4.78, 5) is 151. The number of carbonyl (C=O) groups is 8. The first-order valence-electron chi connectivity index (χ1n) is 48.8. The number of carbonyl (C=O) groups excluding carboxylic acids is 8. The zero-order valence-electron chi connectivity index (χ0n) is 81.7. The van der Waals surface area contributed by atoms with Gasteiger partial charge in [-0.1, -0.05) is 6.92 Å². The van der Waals surface area contributed by atoms with Gasteiger partial charge in [-0.2, -0.15) is 0 Å². The van der Waals surface area contributed by atoms with E-state index in [1.807, 2.05) is 82.5 Å². The first kappa shape index (κ1) is 103. The highest BCUT2D eigenvalue weighted by atomic mass is 32.1. The number of thiazole rings is 4. The third kappa shape index (κ3) is 24.0. The fourth-order valence-electron chi connectivity index (χ4n) is 19.3. The molecule has 8 amide bonds. The minimum atomic E-state index is -2.96. The molecule has 32 nitrogen and oxygen atoms in total. The van der Waals surface area contributed by atoms with Crippen molar-refractivity contribution in [2.75, 3.05) is 47.6 Å². The molecule has 0 unspecified atom stereocenters. The quantitative estimate of drug-likeness (QED) is 0.0213. The molecule has 18 rings (SSSR count). The summed E-state index contributed by atoms with van der Waals surface area (Å²) in [6, 6.07) is 7.61. The number of amides is 8. The van der Waals surface area contributed by atoms with Crippen molar-refractivity contribution in [2.24, 2.45) is 5.92 Å². The average molecular weight is 2000 g/mol. The molecule has 8 aromatic heterocycles. The lowest BCUT2D eigenvalue weighted by atomic mass is 9.89. The summed E-state index contributed by atoms with van der Waals surface area (Å²) in [5.74, 6) is -5.19. The number of halogens is 4. The number of hydrogen-bond acceptors (Lipinski definition) is 28. The molecule has 7 atom stereocenters. The molecule has 11 N–H and O–H groups in total. The Balaban J connectivity index is 0.000000140. The van der Waals surface area contributed by atoms with Gasteiger partial charge in [0.05, 0.1) is 62.5 Å². The van der Waals surface area contributed by atoms with E-state index >= 15 is 0 Å². The van der Waals surface area contributed by atoms with E-state index in [2.05, 4.69) is 110 Å². The van der Waals surface area contributed by atoms with Crippen LogP contribution >= 0.6 is 45.3 Å². The highest BCUT2D eigenvalue weighted by Gasteiger charge is 2.51. The third-order valence-electron chi connectivity index (χ3n) is 28.0. The van der Waals surface area contributed by atoms with Crippen LogP contribution in [0, 0.1) is 33.6 Å². The monoisotopic (exact) mass is 1990 g/mol. The standard InChI is InChI=1S/C26H33N5O3S.C25H35N5O3S.2C24H31F2N5O3S/c1-13-11-21(28-14(2)15-3-4-15)27-12-18(13)23-22(26(34)31-16-5-6-17(31)8-7-16)30-25(35-23)24(33)29-19-9-10-20(19)32;1-13(2)27-19-11-14(3)18(12-26-19)21-20(24(32)30-16-7-8-17(30)10-9-16)29-23(34-21)22(31)28-15(4)25(5,6)33;1-13(2)28-18-9-14(3)17(11-27-18)20-19(23(33)31-12-24(25,26)10-15(31)4)30-22(35-20)21(32)29-16-5-7-34-8-6-16;1-5-13(3)28-18-6-12(2)17(10-27-18)20-19(23(34)31-11-24(25,26)9-14(31)4)30-22(35-20)21(33)29-15-7-16(32)8-15/h11-12,14-17,19-20,32H,3-10H2,1-2H3,(H,27,28)(H,29,33);11-13,15-17,33H,7-10H2,1-6H3,(H,26,27)(H,28,31);9,11,13,15-16H,5-8,10,12H2,1-4H3,(H,27,28)(H,29,32);6,10,13-16,32H,5,7-9,11H2,1-4H3,(H,27,28)(H,29,33)/t14-,16?,17?,19+,20+;15-,16?,17?;15-;13-,14+,15?,16?/m1101/s1. The lowest BCUT2D eigenvalue weighted by Gasteiger charge is -2.32.